The lowest BCUT2D eigenvalue weighted by Gasteiger charge is -2.28. The van der Waals surface area contributed by atoms with Gasteiger partial charge in [0, 0.05) is 42.3 Å². The van der Waals surface area contributed by atoms with Crippen LogP contribution in [0.15, 0.2) is 54.7 Å². The van der Waals surface area contributed by atoms with Crippen molar-refractivity contribution in [3.05, 3.63) is 65.9 Å². The summed E-state index contributed by atoms with van der Waals surface area (Å²) >= 11 is 0. The molecule has 3 rings (SSSR count). The summed E-state index contributed by atoms with van der Waals surface area (Å²) in [6.45, 7) is 7.79. The molecule has 1 aromatic heterocycles. The Kier molecular flexibility index (Phi) is 10.2. The minimum Gasteiger partial charge on any atom is -0.361 e. The molecule has 188 valence electrons. The third-order valence-corrected chi connectivity index (χ3v) is 6.39. The number of urea groups is 1. The molecule has 6 nitrogen and oxygen atoms in total. The van der Waals surface area contributed by atoms with Gasteiger partial charge in [0.1, 0.15) is 6.04 Å². The summed E-state index contributed by atoms with van der Waals surface area (Å²) in [5, 5.41) is 6.95. The molecule has 3 aromatic rings. The van der Waals surface area contributed by atoms with Crippen LogP contribution in [0, 0.1) is 6.92 Å². The zero-order valence-corrected chi connectivity index (χ0v) is 21.4. The zero-order valence-electron chi connectivity index (χ0n) is 21.4. The third-order valence-electron chi connectivity index (χ3n) is 6.39. The number of carbonyl (C=O) groups is 2. The van der Waals surface area contributed by atoms with E-state index in [1.165, 1.54) is 0 Å². The summed E-state index contributed by atoms with van der Waals surface area (Å²) < 4.78 is 0. The lowest BCUT2D eigenvalue weighted by Crippen LogP contribution is -2.51. The van der Waals surface area contributed by atoms with E-state index in [9.17, 15) is 9.59 Å². The molecular weight excluding hydrogens is 436 g/mol. The second kappa shape index (κ2) is 13.6. The number of aryl methyl sites for hydroxylation is 1. The Morgan fingerprint density at radius 3 is 2.23 bits per heavy atom. The van der Waals surface area contributed by atoms with E-state index in [1.807, 2.05) is 60.5 Å². The van der Waals surface area contributed by atoms with Crippen LogP contribution in [0.2, 0.25) is 0 Å². The number of aromatic nitrogens is 1. The van der Waals surface area contributed by atoms with E-state index in [0.717, 1.165) is 73.6 Å². The molecule has 0 fully saturated rings. The Bertz CT molecular complexity index is 1060. The SMILES string of the molecule is CCCCCN(CCCCC)C(=O)C(Cc1c[nH]c2ccccc12)NC(=O)Nc1ccc(C)cc1. The van der Waals surface area contributed by atoms with Crippen LogP contribution in [-0.2, 0) is 11.2 Å². The van der Waals surface area contributed by atoms with E-state index in [4.69, 9.17) is 0 Å². The number of para-hydroxylation sites is 1. The molecule has 1 atom stereocenters. The van der Waals surface area contributed by atoms with Crippen molar-refractivity contribution >= 4 is 28.5 Å². The molecule has 0 aliphatic carbocycles. The number of anilines is 1. The van der Waals surface area contributed by atoms with Gasteiger partial charge in [0.15, 0.2) is 0 Å². The molecule has 3 amide bonds. The van der Waals surface area contributed by atoms with Crippen molar-refractivity contribution in [3.8, 4) is 0 Å². The van der Waals surface area contributed by atoms with Crippen molar-refractivity contribution in [2.45, 2.75) is 71.8 Å². The van der Waals surface area contributed by atoms with E-state index in [1.54, 1.807) is 0 Å². The average molecular weight is 477 g/mol. The van der Waals surface area contributed by atoms with Gasteiger partial charge in [-0.15, -0.1) is 0 Å². The number of aromatic amines is 1. The second-order valence-electron chi connectivity index (χ2n) is 9.32. The molecule has 0 aliphatic rings. The van der Waals surface area contributed by atoms with E-state index in [-0.39, 0.29) is 11.9 Å². The predicted molar refractivity (Wildman–Crippen MR) is 145 cm³/mol. The minimum absolute atomic E-state index is 0.0125. The Labute approximate surface area is 209 Å². The first-order valence-electron chi connectivity index (χ1n) is 13.0. The topological polar surface area (TPSA) is 77.2 Å². The first-order valence-corrected chi connectivity index (χ1v) is 13.0. The van der Waals surface area contributed by atoms with Crippen molar-refractivity contribution in [1.29, 1.82) is 0 Å². The highest BCUT2D eigenvalue weighted by molar-refractivity contribution is 5.94. The number of fused-ring (bicyclic) bond motifs is 1. The summed E-state index contributed by atoms with van der Waals surface area (Å²) in [6, 6.07) is 14.7. The molecule has 1 heterocycles. The van der Waals surface area contributed by atoms with E-state index in [2.05, 4.69) is 35.5 Å². The number of hydrogen-bond donors (Lipinski definition) is 3. The average Bonchev–Trinajstić information content (AvgIpc) is 3.26. The largest absolute Gasteiger partial charge is 0.361 e. The maximum atomic E-state index is 13.8. The molecule has 0 aliphatic heterocycles. The van der Waals surface area contributed by atoms with E-state index in [0.29, 0.717) is 12.1 Å². The number of carbonyl (C=O) groups excluding carboxylic acids is 2. The van der Waals surface area contributed by atoms with E-state index >= 15 is 0 Å². The molecule has 0 saturated carbocycles. The molecule has 0 bridgehead atoms. The van der Waals surface area contributed by atoms with Crippen LogP contribution in [0.5, 0.6) is 0 Å². The van der Waals surface area contributed by atoms with Crippen LogP contribution in [0.25, 0.3) is 10.9 Å². The first-order chi connectivity index (χ1) is 17.0. The zero-order chi connectivity index (χ0) is 25.0. The smallest absolute Gasteiger partial charge is 0.319 e. The highest BCUT2D eigenvalue weighted by atomic mass is 16.2. The van der Waals surface area contributed by atoms with Crippen LogP contribution in [0.1, 0.15) is 63.5 Å². The van der Waals surface area contributed by atoms with Gasteiger partial charge in [0.05, 0.1) is 0 Å². The van der Waals surface area contributed by atoms with Crippen LogP contribution < -0.4 is 10.6 Å². The highest BCUT2D eigenvalue weighted by Crippen LogP contribution is 2.20. The Morgan fingerprint density at radius 2 is 1.57 bits per heavy atom. The first kappa shape index (κ1) is 26.3. The van der Waals surface area contributed by atoms with Gasteiger partial charge in [-0.3, -0.25) is 4.79 Å². The lowest BCUT2D eigenvalue weighted by atomic mass is 10.0. The number of rotatable bonds is 13. The molecular formula is C29H40N4O2. The van der Waals surface area contributed by atoms with Crippen molar-refractivity contribution in [2.75, 3.05) is 18.4 Å². The van der Waals surface area contributed by atoms with Crippen LogP contribution >= 0.6 is 0 Å². The third kappa shape index (κ3) is 7.88. The summed E-state index contributed by atoms with van der Waals surface area (Å²) in [5.41, 5.74) is 3.88. The van der Waals surface area contributed by atoms with Gasteiger partial charge in [-0.1, -0.05) is 75.4 Å². The standard InChI is InChI=1S/C29H40N4O2/c1-4-6-10-18-33(19-11-7-5-2)28(34)27(20-23-21-30-26-13-9-8-12-25(23)26)32-29(35)31-24-16-14-22(3)15-17-24/h8-9,12-17,21,27,30H,4-7,10-11,18-20H2,1-3H3,(H2,31,32,35). The van der Waals surface area contributed by atoms with Gasteiger partial charge in [-0.2, -0.15) is 0 Å². The summed E-state index contributed by atoms with van der Waals surface area (Å²) in [5.74, 6) is -0.0125. The molecule has 35 heavy (non-hydrogen) atoms. The number of nitrogens with one attached hydrogen (secondary N) is 3. The van der Waals surface area contributed by atoms with Gasteiger partial charge in [0.25, 0.3) is 0 Å². The maximum absolute atomic E-state index is 13.8. The maximum Gasteiger partial charge on any atom is 0.319 e. The Balaban J connectivity index is 1.80. The fraction of sp³-hybridized carbons (Fsp3) is 0.448. The summed E-state index contributed by atoms with van der Waals surface area (Å²) in [7, 11) is 0. The molecule has 2 aromatic carbocycles. The molecule has 6 heteroatoms. The lowest BCUT2D eigenvalue weighted by molar-refractivity contribution is -0.133. The highest BCUT2D eigenvalue weighted by Gasteiger charge is 2.27. The number of unbranched alkanes of at least 4 members (excludes halogenated alkanes) is 4. The van der Waals surface area contributed by atoms with Crippen LogP contribution in [0.3, 0.4) is 0 Å². The van der Waals surface area contributed by atoms with Crippen LogP contribution in [-0.4, -0.2) is 41.0 Å². The molecule has 0 spiro atoms. The van der Waals surface area contributed by atoms with Gasteiger partial charge >= 0.3 is 6.03 Å². The Morgan fingerprint density at radius 1 is 0.914 bits per heavy atom. The Hall–Kier alpha value is -3.28. The quantitative estimate of drug-likeness (QED) is 0.249. The van der Waals surface area contributed by atoms with E-state index < -0.39 is 6.04 Å². The predicted octanol–water partition coefficient (Wildman–Crippen LogP) is 6.42. The normalized spacial score (nSPS) is 11.9. The van der Waals surface area contributed by atoms with Crippen LogP contribution in [0.4, 0.5) is 10.5 Å². The number of nitrogens with zero attached hydrogens (tertiary/aromatic N) is 1. The number of amides is 3. The summed E-state index contributed by atoms with van der Waals surface area (Å²) in [4.78, 5) is 32.0. The van der Waals surface area contributed by atoms with Crippen molar-refractivity contribution in [2.24, 2.45) is 0 Å². The monoisotopic (exact) mass is 476 g/mol. The van der Waals surface area contributed by atoms with Crippen molar-refractivity contribution < 1.29 is 9.59 Å². The number of H-pyrrole nitrogens is 1. The van der Waals surface area contributed by atoms with Gasteiger partial charge in [0.2, 0.25) is 5.91 Å². The fourth-order valence-electron chi connectivity index (χ4n) is 4.34. The van der Waals surface area contributed by atoms with Gasteiger partial charge in [-0.25, -0.2) is 4.79 Å². The molecule has 3 N–H and O–H groups in total. The minimum atomic E-state index is -0.650. The van der Waals surface area contributed by atoms with Crippen molar-refractivity contribution in [3.63, 3.8) is 0 Å². The van der Waals surface area contributed by atoms with Gasteiger partial charge in [-0.05, 0) is 43.5 Å². The molecule has 0 saturated heterocycles. The molecule has 0 radical (unpaired) electrons. The molecule has 1 unspecified atom stereocenters. The summed E-state index contributed by atoms with van der Waals surface area (Å²) in [6.07, 6.45) is 8.72. The van der Waals surface area contributed by atoms with Gasteiger partial charge < -0.3 is 20.5 Å². The second-order valence-corrected chi connectivity index (χ2v) is 9.32. The fourth-order valence-corrected chi connectivity index (χ4v) is 4.34. The van der Waals surface area contributed by atoms with Crippen molar-refractivity contribution in [1.82, 2.24) is 15.2 Å². The number of hydrogen-bond acceptors (Lipinski definition) is 2. The number of benzene rings is 2.